The molecule has 1 heteroatoms. The molecule has 0 aromatic heterocycles. The van der Waals surface area contributed by atoms with Crippen LogP contribution in [-0.2, 0) is 5.41 Å². The third kappa shape index (κ3) is 2.10. The molecular weight excluding hydrogens is 260 g/mol. The van der Waals surface area contributed by atoms with Crippen LogP contribution in [-0.4, -0.2) is 0 Å². The molecule has 0 saturated carbocycles. The first-order valence-corrected chi connectivity index (χ1v) is 6.83. The Morgan fingerprint density at radius 3 is 2.81 bits per heavy atom. The van der Waals surface area contributed by atoms with Gasteiger partial charge in [0, 0.05) is 4.47 Å². The van der Waals surface area contributed by atoms with E-state index in [0.717, 1.165) is 6.42 Å². The van der Waals surface area contributed by atoms with Gasteiger partial charge in [-0.25, -0.2) is 0 Å². The Kier molecular flexibility index (Phi) is 3.25. The summed E-state index contributed by atoms with van der Waals surface area (Å²) in [5, 5.41) is 0. The highest BCUT2D eigenvalue weighted by molar-refractivity contribution is 9.10. The minimum atomic E-state index is 0.310. The molecule has 1 aromatic rings. The lowest BCUT2D eigenvalue weighted by Crippen LogP contribution is -2.23. The third-order valence-corrected chi connectivity index (χ3v) is 4.02. The van der Waals surface area contributed by atoms with Gasteiger partial charge in [0.2, 0.25) is 0 Å². The normalized spacial score (nSPS) is 20.9. The Bertz CT molecular complexity index is 427. The largest absolute Gasteiger partial charge is 0.0810 e. The summed E-state index contributed by atoms with van der Waals surface area (Å²) in [7, 11) is 0. The molecule has 0 spiro atoms. The molecule has 0 fully saturated rings. The minimum absolute atomic E-state index is 0.310. The second kappa shape index (κ2) is 4.37. The van der Waals surface area contributed by atoms with Gasteiger partial charge in [-0.1, -0.05) is 48.8 Å². The lowest BCUT2D eigenvalue weighted by atomic mass is 9.71. The van der Waals surface area contributed by atoms with E-state index in [1.165, 1.54) is 34.0 Å². The Hall–Kier alpha value is -0.560. The van der Waals surface area contributed by atoms with Crippen LogP contribution in [0.3, 0.4) is 0 Å². The Morgan fingerprint density at radius 1 is 1.38 bits per heavy atom. The zero-order valence-corrected chi connectivity index (χ0v) is 11.9. The van der Waals surface area contributed by atoms with E-state index >= 15 is 0 Å². The molecule has 86 valence electrons. The highest BCUT2D eigenvalue weighted by Gasteiger charge is 2.29. The summed E-state index contributed by atoms with van der Waals surface area (Å²) in [6.45, 7) is 6.91. The van der Waals surface area contributed by atoms with Gasteiger partial charge in [0.15, 0.2) is 0 Å². The predicted octanol–water partition coefficient (Wildman–Crippen LogP) is 5.31. The fraction of sp³-hybridized carbons (Fsp3) is 0.467. The maximum absolute atomic E-state index is 3.58. The van der Waals surface area contributed by atoms with Gasteiger partial charge in [0.25, 0.3) is 0 Å². The van der Waals surface area contributed by atoms with Crippen LogP contribution in [0.25, 0.3) is 5.57 Å². The standard InChI is InChI=1S/C15H19Br/c1-4-5-11-8-9-15(2,3)14-10-12(16)6-7-13(11)14/h5-7,10H,4,8-9H2,1-3H3. The number of rotatable bonds is 1. The third-order valence-electron chi connectivity index (χ3n) is 3.53. The summed E-state index contributed by atoms with van der Waals surface area (Å²) in [6.07, 6.45) is 5.98. The van der Waals surface area contributed by atoms with Crippen molar-refractivity contribution in [2.45, 2.75) is 45.4 Å². The first-order chi connectivity index (χ1) is 7.54. The molecule has 0 nitrogen and oxygen atoms in total. The molecule has 1 aliphatic rings. The molecule has 1 aliphatic carbocycles. The van der Waals surface area contributed by atoms with Crippen molar-refractivity contribution in [1.82, 2.24) is 0 Å². The fourth-order valence-corrected chi connectivity index (χ4v) is 2.89. The van der Waals surface area contributed by atoms with Crippen molar-refractivity contribution < 1.29 is 0 Å². The van der Waals surface area contributed by atoms with Crippen molar-refractivity contribution in [3.63, 3.8) is 0 Å². The lowest BCUT2D eigenvalue weighted by Gasteiger charge is -2.34. The summed E-state index contributed by atoms with van der Waals surface area (Å²) >= 11 is 3.58. The number of halogens is 1. The van der Waals surface area contributed by atoms with Gasteiger partial charge in [-0.15, -0.1) is 0 Å². The topological polar surface area (TPSA) is 0 Å². The smallest absolute Gasteiger partial charge is 0.0178 e. The number of allylic oxidation sites excluding steroid dienone is 2. The molecular formula is C15H19Br. The molecule has 0 bridgehead atoms. The van der Waals surface area contributed by atoms with Crippen molar-refractivity contribution in [2.24, 2.45) is 0 Å². The van der Waals surface area contributed by atoms with Crippen LogP contribution >= 0.6 is 15.9 Å². The quantitative estimate of drug-likeness (QED) is 0.653. The van der Waals surface area contributed by atoms with Crippen molar-refractivity contribution in [3.05, 3.63) is 39.9 Å². The average molecular weight is 279 g/mol. The molecule has 0 N–H and O–H groups in total. The Balaban J connectivity index is 2.58. The van der Waals surface area contributed by atoms with Gasteiger partial charge in [0.05, 0.1) is 0 Å². The molecule has 16 heavy (non-hydrogen) atoms. The van der Waals surface area contributed by atoms with Crippen LogP contribution < -0.4 is 0 Å². The van der Waals surface area contributed by atoms with Crippen LogP contribution in [0.4, 0.5) is 0 Å². The molecule has 0 unspecified atom stereocenters. The molecule has 0 aliphatic heterocycles. The first kappa shape index (κ1) is 11.9. The Morgan fingerprint density at radius 2 is 2.12 bits per heavy atom. The molecule has 2 rings (SSSR count). The molecule has 1 aromatic carbocycles. The summed E-state index contributed by atoms with van der Waals surface area (Å²) in [5.74, 6) is 0. The number of fused-ring (bicyclic) bond motifs is 1. The van der Waals surface area contributed by atoms with Gasteiger partial charge in [-0.3, -0.25) is 0 Å². The van der Waals surface area contributed by atoms with E-state index < -0.39 is 0 Å². The van der Waals surface area contributed by atoms with E-state index in [4.69, 9.17) is 0 Å². The van der Waals surface area contributed by atoms with Gasteiger partial charge in [0.1, 0.15) is 0 Å². The van der Waals surface area contributed by atoms with E-state index in [-0.39, 0.29) is 0 Å². The summed E-state index contributed by atoms with van der Waals surface area (Å²) in [4.78, 5) is 0. The van der Waals surface area contributed by atoms with Crippen LogP contribution in [0.5, 0.6) is 0 Å². The van der Waals surface area contributed by atoms with Gasteiger partial charge >= 0.3 is 0 Å². The molecule has 0 atom stereocenters. The zero-order valence-electron chi connectivity index (χ0n) is 10.3. The molecule has 0 amide bonds. The van der Waals surface area contributed by atoms with Gasteiger partial charge in [-0.2, -0.15) is 0 Å². The fourth-order valence-electron chi connectivity index (χ4n) is 2.53. The highest BCUT2D eigenvalue weighted by Crippen LogP contribution is 2.43. The number of hydrogen-bond donors (Lipinski definition) is 0. The van der Waals surface area contributed by atoms with Crippen molar-refractivity contribution in [1.29, 1.82) is 0 Å². The average Bonchev–Trinajstić information content (AvgIpc) is 2.23. The van der Waals surface area contributed by atoms with Crippen LogP contribution in [0.2, 0.25) is 0 Å². The summed E-state index contributed by atoms with van der Waals surface area (Å²) in [6, 6.07) is 6.71. The SMILES string of the molecule is CCC=C1CCC(C)(C)c2cc(Br)ccc21. The number of hydrogen-bond acceptors (Lipinski definition) is 0. The molecule has 0 heterocycles. The number of benzene rings is 1. The molecule has 0 saturated heterocycles. The van der Waals surface area contributed by atoms with Crippen molar-refractivity contribution in [2.75, 3.05) is 0 Å². The van der Waals surface area contributed by atoms with Crippen LogP contribution in [0, 0.1) is 0 Å². The summed E-state index contributed by atoms with van der Waals surface area (Å²) < 4.78 is 1.19. The Labute approximate surface area is 107 Å². The van der Waals surface area contributed by atoms with Crippen molar-refractivity contribution >= 4 is 21.5 Å². The summed E-state index contributed by atoms with van der Waals surface area (Å²) in [5.41, 5.74) is 4.79. The van der Waals surface area contributed by atoms with E-state index in [9.17, 15) is 0 Å². The first-order valence-electron chi connectivity index (χ1n) is 6.04. The van der Waals surface area contributed by atoms with Crippen LogP contribution in [0.15, 0.2) is 28.7 Å². The van der Waals surface area contributed by atoms with E-state index in [0.29, 0.717) is 5.41 Å². The van der Waals surface area contributed by atoms with E-state index in [1.54, 1.807) is 0 Å². The predicted molar refractivity (Wildman–Crippen MR) is 74.7 cm³/mol. The molecule has 0 radical (unpaired) electrons. The van der Waals surface area contributed by atoms with Crippen molar-refractivity contribution in [3.8, 4) is 0 Å². The zero-order chi connectivity index (χ0) is 11.8. The monoisotopic (exact) mass is 278 g/mol. The minimum Gasteiger partial charge on any atom is -0.0810 e. The second-order valence-electron chi connectivity index (χ2n) is 5.21. The van der Waals surface area contributed by atoms with Crippen LogP contribution in [0.1, 0.15) is 51.2 Å². The van der Waals surface area contributed by atoms with E-state index in [1.807, 2.05) is 0 Å². The maximum Gasteiger partial charge on any atom is 0.0178 e. The van der Waals surface area contributed by atoms with Gasteiger partial charge < -0.3 is 0 Å². The maximum atomic E-state index is 3.58. The second-order valence-corrected chi connectivity index (χ2v) is 6.13. The van der Waals surface area contributed by atoms with Gasteiger partial charge in [-0.05, 0) is 53.5 Å². The highest BCUT2D eigenvalue weighted by atomic mass is 79.9. The lowest BCUT2D eigenvalue weighted by molar-refractivity contribution is 0.474. The van der Waals surface area contributed by atoms with E-state index in [2.05, 4.69) is 61.0 Å².